The predicted octanol–water partition coefficient (Wildman–Crippen LogP) is -3.08. The first-order valence-corrected chi connectivity index (χ1v) is 12.9. The molecule has 204 valence electrons. The molecule has 0 saturated heterocycles. The molecule has 0 aliphatic rings. The van der Waals surface area contributed by atoms with Crippen LogP contribution in [0.1, 0.15) is 142 Å². The summed E-state index contributed by atoms with van der Waals surface area (Å²) >= 11 is 0. The standard InChI is InChI=1S/C26H56N.Au.BrH.3ClH/c1-5-7-9-11-13-15-17-19-21-23-25-27(3,4)26-24-22-20-18-16-14-12-10-8-6-2;;;;;/h5-26H2,1-4H3;;4*1H/q+1;+3;;;;/p-4. The van der Waals surface area contributed by atoms with Gasteiger partial charge in [0.2, 0.25) is 0 Å². The summed E-state index contributed by atoms with van der Waals surface area (Å²) in [4.78, 5) is 0. The van der Waals surface area contributed by atoms with E-state index in [4.69, 9.17) is 0 Å². The van der Waals surface area contributed by atoms with Crippen LogP contribution in [0.3, 0.4) is 0 Å². The van der Waals surface area contributed by atoms with Crippen molar-refractivity contribution in [3.05, 3.63) is 0 Å². The molecule has 6 heteroatoms. The molecule has 0 spiro atoms. The van der Waals surface area contributed by atoms with Gasteiger partial charge in [0.15, 0.2) is 0 Å². The number of unbranched alkanes of at least 4 members (excludes halogenated alkanes) is 18. The number of hydrogen-bond donors (Lipinski definition) is 0. The third kappa shape index (κ3) is 39.3. The molecule has 1 nitrogen and oxygen atoms in total. The van der Waals surface area contributed by atoms with E-state index in [1.54, 1.807) is 0 Å². The molecule has 0 atom stereocenters. The smallest absolute Gasteiger partial charge is 1.00 e. The molecule has 0 rings (SSSR count). The summed E-state index contributed by atoms with van der Waals surface area (Å²) in [6, 6.07) is 0. The van der Waals surface area contributed by atoms with Crippen LogP contribution >= 0.6 is 0 Å². The minimum Gasteiger partial charge on any atom is -1.00 e. The third-order valence-corrected chi connectivity index (χ3v) is 6.23. The Morgan fingerprint density at radius 2 is 0.562 bits per heavy atom. The van der Waals surface area contributed by atoms with E-state index in [0.717, 1.165) is 0 Å². The Labute approximate surface area is 248 Å². The van der Waals surface area contributed by atoms with Crippen molar-refractivity contribution in [2.75, 3.05) is 27.2 Å². The minimum atomic E-state index is 0. The molecule has 32 heavy (non-hydrogen) atoms. The maximum atomic E-state index is 2.45. The molecule has 0 aromatic rings. The Balaban J connectivity index is -0.000000338. The van der Waals surface area contributed by atoms with E-state index in [9.17, 15) is 0 Å². The quantitative estimate of drug-likeness (QED) is 0.0625. The van der Waals surface area contributed by atoms with Gasteiger partial charge in [-0.05, 0) is 25.7 Å². The predicted molar refractivity (Wildman–Crippen MR) is 126 cm³/mol. The molecule has 0 unspecified atom stereocenters. The van der Waals surface area contributed by atoms with E-state index in [1.807, 2.05) is 0 Å². The molecule has 0 saturated carbocycles. The van der Waals surface area contributed by atoms with Gasteiger partial charge in [0.05, 0.1) is 27.2 Å². The molecular formula is C26H56AuBrCl3N. The fraction of sp³-hybridized carbons (Fsp3) is 1.00. The van der Waals surface area contributed by atoms with Gasteiger partial charge in [-0.15, -0.1) is 0 Å². The van der Waals surface area contributed by atoms with E-state index in [2.05, 4.69) is 27.9 Å². The van der Waals surface area contributed by atoms with Gasteiger partial charge in [-0.3, -0.25) is 0 Å². The molecule has 0 aromatic heterocycles. The van der Waals surface area contributed by atoms with Gasteiger partial charge in [0, 0.05) is 0 Å². The normalized spacial score (nSPS) is 10.1. The Morgan fingerprint density at radius 3 is 0.781 bits per heavy atom. The summed E-state index contributed by atoms with van der Waals surface area (Å²) < 4.78 is 1.24. The zero-order chi connectivity index (χ0) is 20.1. The summed E-state index contributed by atoms with van der Waals surface area (Å²) in [5, 5.41) is 0. The summed E-state index contributed by atoms with van der Waals surface area (Å²) in [5.74, 6) is 0. The first-order valence-electron chi connectivity index (χ1n) is 12.9. The SMILES string of the molecule is CCCCCCCCCCCC[N+](C)(C)CCCCCCCCCCCC.[Au+3].[Br-].[Cl-].[Cl-].[Cl-]. The Hall–Kier alpha value is 2.05. The fourth-order valence-corrected chi connectivity index (χ4v) is 4.17. The maximum absolute atomic E-state index is 2.45. The van der Waals surface area contributed by atoms with Gasteiger partial charge < -0.3 is 58.7 Å². The van der Waals surface area contributed by atoms with Crippen molar-refractivity contribution in [1.29, 1.82) is 0 Å². The van der Waals surface area contributed by atoms with Crippen LogP contribution in [0.4, 0.5) is 0 Å². The Kier molecular flexibility index (Phi) is 55.5. The van der Waals surface area contributed by atoms with Crippen molar-refractivity contribution in [2.45, 2.75) is 142 Å². The van der Waals surface area contributed by atoms with Crippen LogP contribution in [-0.4, -0.2) is 31.7 Å². The first-order chi connectivity index (χ1) is 13.1. The van der Waals surface area contributed by atoms with E-state index >= 15 is 0 Å². The van der Waals surface area contributed by atoms with Crippen LogP contribution in [0.5, 0.6) is 0 Å². The average Bonchev–Trinajstić information content (AvgIpc) is 2.64. The molecule has 0 heterocycles. The van der Waals surface area contributed by atoms with Crippen LogP contribution in [0.15, 0.2) is 0 Å². The van der Waals surface area contributed by atoms with Gasteiger partial charge in [-0.25, -0.2) is 0 Å². The number of hydrogen-bond acceptors (Lipinski definition) is 0. The minimum absolute atomic E-state index is 0. The zero-order valence-electron chi connectivity index (χ0n) is 21.8. The second kappa shape index (κ2) is 37.6. The molecule has 0 aromatic carbocycles. The summed E-state index contributed by atoms with van der Waals surface area (Å²) in [7, 11) is 4.89. The second-order valence-electron chi connectivity index (χ2n) is 9.75. The van der Waals surface area contributed by atoms with Gasteiger partial charge in [0.25, 0.3) is 0 Å². The number of nitrogens with zero attached hydrogens (tertiary/aromatic N) is 1. The monoisotopic (exact) mass is 763 g/mol. The summed E-state index contributed by atoms with van der Waals surface area (Å²) in [5.41, 5.74) is 0. The van der Waals surface area contributed by atoms with E-state index in [-0.39, 0.29) is 76.6 Å². The molecule has 0 radical (unpaired) electrons. The Bertz CT molecular complexity index is 272. The van der Waals surface area contributed by atoms with E-state index < -0.39 is 0 Å². The van der Waals surface area contributed by atoms with Gasteiger partial charge >= 0.3 is 22.4 Å². The van der Waals surface area contributed by atoms with Crippen molar-refractivity contribution >= 4 is 0 Å². The topological polar surface area (TPSA) is 0 Å². The summed E-state index contributed by atoms with van der Waals surface area (Å²) in [6.45, 7) is 7.37. The molecule has 0 fully saturated rings. The van der Waals surface area contributed by atoms with Crippen molar-refractivity contribution < 1.29 is 81.1 Å². The van der Waals surface area contributed by atoms with Crippen LogP contribution in [0, 0.1) is 0 Å². The van der Waals surface area contributed by atoms with Gasteiger partial charge in [0.1, 0.15) is 0 Å². The molecule has 0 N–H and O–H groups in total. The van der Waals surface area contributed by atoms with Gasteiger partial charge in [-0.2, -0.15) is 0 Å². The zero-order valence-corrected chi connectivity index (χ0v) is 27.8. The molecule has 0 amide bonds. The second-order valence-corrected chi connectivity index (χ2v) is 9.75. The molecule has 0 aliphatic heterocycles. The molecule has 0 bridgehead atoms. The van der Waals surface area contributed by atoms with Gasteiger partial charge in [-0.1, -0.05) is 117 Å². The van der Waals surface area contributed by atoms with Crippen molar-refractivity contribution in [2.24, 2.45) is 0 Å². The van der Waals surface area contributed by atoms with Crippen LogP contribution in [0.2, 0.25) is 0 Å². The largest absolute Gasteiger partial charge is 3.00 e. The maximum Gasteiger partial charge on any atom is 3.00 e. The molecular weight excluding hydrogens is 710 g/mol. The van der Waals surface area contributed by atoms with Crippen LogP contribution in [-0.2, 0) is 22.4 Å². The van der Waals surface area contributed by atoms with Crippen LogP contribution < -0.4 is 54.2 Å². The third-order valence-electron chi connectivity index (χ3n) is 6.23. The average molecular weight is 766 g/mol. The van der Waals surface area contributed by atoms with Crippen molar-refractivity contribution in [1.82, 2.24) is 0 Å². The Morgan fingerprint density at radius 1 is 0.375 bits per heavy atom. The van der Waals surface area contributed by atoms with Crippen molar-refractivity contribution in [3.8, 4) is 0 Å². The fourth-order valence-electron chi connectivity index (χ4n) is 4.17. The number of rotatable bonds is 22. The number of halogens is 4. The van der Waals surface area contributed by atoms with E-state index in [0.29, 0.717) is 0 Å². The summed E-state index contributed by atoms with van der Waals surface area (Å²) in [6.07, 6.45) is 29.0. The van der Waals surface area contributed by atoms with Crippen molar-refractivity contribution in [3.63, 3.8) is 0 Å². The van der Waals surface area contributed by atoms with E-state index in [1.165, 1.54) is 146 Å². The first kappa shape index (κ1) is 47.3. The molecule has 0 aliphatic carbocycles. The van der Waals surface area contributed by atoms with Crippen LogP contribution in [0.25, 0.3) is 0 Å². The number of quaternary nitrogens is 1.